The lowest BCUT2D eigenvalue weighted by molar-refractivity contribution is 0.955. The van der Waals surface area contributed by atoms with Crippen molar-refractivity contribution in [2.24, 2.45) is 0 Å². The van der Waals surface area contributed by atoms with E-state index in [1.165, 1.54) is 0 Å². The number of anilines is 1. The summed E-state index contributed by atoms with van der Waals surface area (Å²) in [5, 5.41) is 11.9. The molecule has 1 aromatic heterocycles. The Morgan fingerprint density at radius 2 is 2.00 bits per heavy atom. The van der Waals surface area contributed by atoms with Crippen molar-refractivity contribution in [1.29, 1.82) is 5.26 Å². The van der Waals surface area contributed by atoms with Gasteiger partial charge < -0.3 is 5.32 Å². The quantitative estimate of drug-likeness (QED) is 0.888. The summed E-state index contributed by atoms with van der Waals surface area (Å²) in [6.45, 7) is 2.54. The topological polar surface area (TPSA) is 61.6 Å². The van der Waals surface area contributed by atoms with Gasteiger partial charge in [-0.2, -0.15) is 5.26 Å². The number of benzene rings is 1. The lowest BCUT2D eigenvalue weighted by Gasteiger charge is -2.06. The van der Waals surface area contributed by atoms with Crippen molar-refractivity contribution in [2.45, 2.75) is 19.9 Å². The van der Waals surface area contributed by atoms with Gasteiger partial charge in [-0.3, -0.25) is 0 Å². The molecule has 1 heterocycles. The monoisotopic (exact) mass is 238 g/mol. The van der Waals surface area contributed by atoms with Gasteiger partial charge in [-0.1, -0.05) is 12.1 Å². The van der Waals surface area contributed by atoms with Crippen molar-refractivity contribution in [3.05, 3.63) is 53.6 Å². The number of hydrogen-bond donors (Lipinski definition) is 1. The van der Waals surface area contributed by atoms with E-state index in [4.69, 9.17) is 5.26 Å². The van der Waals surface area contributed by atoms with E-state index in [2.05, 4.69) is 21.4 Å². The maximum Gasteiger partial charge on any atom is 0.125 e. The minimum absolute atomic E-state index is 0.450. The van der Waals surface area contributed by atoms with E-state index in [0.717, 1.165) is 22.8 Å². The summed E-state index contributed by atoms with van der Waals surface area (Å²) >= 11 is 0. The predicted octanol–water partition coefficient (Wildman–Crippen LogP) is 2.46. The van der Waals surface area contributed by atoms with Crippen LogP contribution in [0.1, 0.15) is 17.1 Å². The Balaban J connectivity index is 1.96. The molecule has 90 valence electrons. The van der Waals surface area contributed by atoms with Crippen LogP contribution in [-0.4, -0.2) is 9.97 Å². The third-order valence-corrected chi connectivity index (χ3v) is 2.54. The van der Waals surface area contributed by atoms with Crippen molar-refractivity contribution < 1.29 is 0 Å². The molecule has 18 heavy (non-hydrogen) atoms. The van der Waals surface area contributed by atoms with Crippen LogP contribution in [0.2, 0.25) is 0 Å². The molecule has 0 saturated heterocycles. The number of nitrogens with one attached hydrogen (secondary N) is 1. The molecule has 2 rings (SSSR count). The maximum atomic E-state index is 8.59. The van der Waals surface area contributed by atoms with Gasteiger partial charge in [-0.15, -0.1) is 0 Å². The number of hydrogen-bond acceptors (Lipinski definition) is 4. The molecule has 0 fully saturated rings. The molecule has 1 N–H and O–H groups in total. The molecule has 0 aliphatic carbocycles. The molecule has 0 saturated carbocycles. The van der Waals surface area contributed by atoms with Gasteiger partial charge in [0.2, 0.25) is 0 Å². The SMILES string of the molecule is Cc1nccc(CNc2ccc(CC#N)cc2)n1. The summed E-state index contributed by atoms with van der Waals surface area (Å²) in [5.41, 5.74) is 3.01. The summed E-state index contributed by atoms with van der Waals surface area (Å²) in [4.78, 5) is 8.38. The molecule has 4 heteroatoms. The largest absolute Gasteiger partial charge is 0.379 e. The van der Waals surface area contributed by atoms with Crippen molar-refractivity contribution in [2.75, 3.05) is 5.32 Å². The highest BCUT2D eigenvalue weighted by atomic mass is 14.9. The normalized spacial score (nSPS) is 9.78. The van der Waals surface area contributed by atoms with Crippen LogP contribution in [0.25, 0.3) is 0 Å². The van der Waals surface area contributed by atoms with Crippen molar-refractivity contribution >= 4 is 5.69 Å². The third kappa shape index (κ3) is 3.29. The van der Waals surface area contributed by atoms with Gasteiger partial charge in [0, 0.05) is 11.9 Å². The van der Waals surface area contributed by atoms with E-state index in [9.17, 15) is 0 Å². The van der Waals surface area contributed by atoms with Crippen LogP contribution in [0, 0.1) is 18.3 Å². The number of aryl methyl sites for hydroxylation is 1. The van der Waals surface area contributed by atoms with E-state index in [-0.39, 0.29) is 0 Å². The van der Waals surface area contributed by atoms with Crippen LogP contribution in [0.5, 0.6) is 0 Å². The Morgan fingerprint density at radius 1 is 1.22 bits per heavy atom. The first-order chi connectivity index (χ1) is 8.78. The zero-order valence-corrected chi connectivity index (χ0v) is 10.2. The molecule has 4 nitrogen and oxygen atoms in total. The van der Waals surface area contributed by atoms with Crippen molar-refractivity contribution in [3.63, 3.8) is 0 Å². The highest BCUT2D eigenvalue weighted by molar-refractivity contribution is 5.45. The van der Waals surface area contributed by atoms with Crippen LogP contribution in [0.15, 0.2) is 36.5 Å². The lowest BCUT2D eigenvalue weighted by Crippen LogP contribution is -2.03. The second-order valence-electron chi connectivity index (χ2n) is 3.98. The maximum absolute atomic E-state index is 8.59. The summed E-state index contributed by atoms with van der Waals surface area (Å²) in [5.74, 6) is 0.777. The standard InChI is InChI=1S/C14H14N4/c1-11-16-9-7-14(18-11)10-17-13-4-2-12(3-5-13)6-8-15/h2-5,7,9,17H,6,10H2,1H3. The average molecular weight is 238 g/mol. The molecule has 0 atom stereocenters. The third-order valence-electron chi connectivity index (χ3n) is 2.54. The zero-order chi connectivity index (χ0) is 12.8. The molecule has 1 aromatic carbocycles. The predicted molar refractivity (Wildman–Crippen MR) is 69.9 cm³/mol. The van der Waals surface area contributed by atoms with E-state index in [1.807, 2.05) is 37.3 Å². The summed E-state index contributed by atoms with van der Waals surface area (Å²) in [6.07, 6.45) is 2.21. The molecule has 0 unspecified atom stereocenters. The minimum Gasteiger partial charge on any atom is -0.379 e. The van der Waals surface area contributed by atoms with Gasteiger partial charge in [-0.25, -0.2) is 9.97 Å². The van der Waals surface area contributed by atoms with Gasteiger partial charge in [0.25, 0.3) is 0 Å². The van der Waals surface area contributed by atoms with Gasteiger partial charge in [0.15, 0.2) is 0 Å². The van der Waals surface area contributed by atoms with Gasteiger partial charge in [0.1, 0.15) is 5.82 Å². The lowest BCUT2D eigenvalue weighted by atomic mass is 10.1. The fourth-order valence-corrected chi connectivity index (χ4v) is 1.63. The molecule has 0 radical (unpaired) electrons. The van der Waals surface area contributed by atoms with E-state index in [0.29, 0.717) is 13.0 Å². The van der Waals surface area contributed by atoms with Gasteiger partial charge in [0.05, 0.1) is 24.7 Å². The zero-order valence-electron chi connectivity index (χ0n) is 10.2. The number of rotatable bonds is 4. The molecule has 0 amide bonds. The van der Waals surface area contributed by atoms with Gasteiger partial charge >= 0.3 is 0 Å². The first kappa shape index (κ1) is 12.1. The Bertz CT molecular complexity index is 555. The Hall–Kier alpha value is -2.41. The van der Waals surface area contributed by atoms with Crippen LogP contribution in [0.4, 0.5) is 5.69 Å². The smallest absolute Gasteiger partial charge is 0.125 e. The van der Waals surface area contributed by atoms with Crippen LogP contribution < -0.4 is 5.32 Å². The Labute approximate surface area is 106 Å². The molecule has 2 aromatic rings. The highest BCUT2D eigenvalue weighted by Gasteiger charge is 1.97. The number of nitrogens with zero attached hydrogens (tertiary/aromatic N) is 3. The minimum atomic E-state index is 0.450. The first-order valence-corrected chi connectivity index (χ1v) is 5.76. The van der Waals surface area contributed by atoms with Crippen molar-refractivity contribution in [3.8, 4) is 6.07 Å². The fourth-order valence-electron chi connectivity index (χ4n) is 1.63. The Morgan fingerprint density at radius 3 is 2.67 bits per heavy atom. The summed E-state index contributed by atoms with van der Waals surface area (Å²) in [7, 11) is 0. The van der Waals surface area contributed by atoms with E-state index < -0.39 is 0 Å². The van der Waals surface area contributed by atoms with Crippen molar-refractivity contribution in [1.82, 2.24) is 9.97 Å². The van der Waals surface area contributed by atoms with Gasteiger partial charge in [-0.05, 0) is 30.7 Å². The molecule has 0 bridgehead atoms. The number of aromatic nitrogens is 2. The first-order valence-electron chi connectivity index (χ1n) is 5.76. The highest BCUT2D eigenvalue weighted by Crippen LogP contribution is 2.11. The number of nitriles is 1. The fraction of sp³-hybridized carbons (Fsp3) is 0.214. The van der Waals surface area contributed by atoms with Crippen LogP contribution in [0.3, 0.4) is 0 Å². The second-order valence-corrected chi connectivity index (χ2v) is 3.98. The molecular formula is C14H14N4. The van der Waals surface area contributed by atoms with Crippen LogP contribution >= 0.6 is 0 Å². The second kappa shape index (κ2) is 5.78. The van der Waals surface area contributed by atoms with Crippen LogP contribution in [-0.2, 0) is 13.0 Å². The molecule has 0 spiro atoms. The van der Waals surface area contributed by atoms with E-state index >= 15 is 0 Å². The molecule has 0 aliphatic rings. The van der Waals surface area contributed by atoms with E-state index in [1.54, 1.807) is 6.20 Å². The average Bonchev–Trinajstić information content (AvgIpc) is 2.38. The Kier molecular flexibility index (Phi) is 3.87. The summed E-state index contributed by atoms with van der Waals surface area (Å²) < 4.78 is 0. The molecular weight excluding hydrogens is 224 g/mol. The molecule has 0 aliphatic heterocycles. The summed E-state index contributed by atoms with van der Waals surface area (Å²) in [6, 6.07) is 11.9.